The van der Waals surface area contributed by atoms with Crippen LogP contribution in [-0.2, 0) is 4.79 Å². The molecule has 0 fully saturated rings. The van der Waals surface area contributed by atoms with Gasteiger partial charge in [0.05, 0.1) is 37.0 Å². The van der Waals surface area contributed by atoms with E-state index in [0.717, 1.165) is 0 Å². The lowest BCUT2D eigenvalue weighted by Crippen LogP contribution is -2.18. The molecule has 0 saturated carbocycles. The zero-order chi connectivity index (χ0) is 23.4. The SMILES string of the molecule is O=C(CSc1cccc(NC(=O)c2c(Cl)c(Cl)c(Cl)c(Cl)c2C(=O)O)c1)Nc1nccs1. The number of anilines is 2. The van der Waals surface area contributed by atoms with Crippen LogP contribution in [0.25, 0.3) is 0 Å². The smallest absolute Gasteiger partial charge is 0.338 e. The number of thioether (sulfide) groups is 1. The number of hydrogen-bond donors (Lipinski definition) is 3. The first-order valence-electron chi connectivity index (χ1n) is 8.51. The van der Waals surface area contributed by atoms with E-state index in [2.05, 4.69) is 15.6 Å². The van der Waals surface area contributed by atoms with E-state index in [0.29, 0.717) is 15.7 Å². The first-order chi connectivity index (χ1) is 15.2. The lowest BCUT2D eigenvalue weighted by atomic mass is 10.1. The summed E-state index contributed by atoms with van der Waals surface area (Å²) in [4.78, 5) is 41.2. The molecule has 3 N–H and O–H groups in total. The first kappa shape index (κ1) is 24.6. The standard InChI is InChI=1S/C19H11Cl4N3O4S2/c20-13-11(12(18(29)30)14(21)16(23)15(13)22)17(28)25-8-2-1-3-9(6-8)32-7-10(27)26-19-24-4-5-31-19/h1-6H,7H2,(H,25,28)(H,29,30)(H,24,26,27). The Hall–Kier alpha value is -2.01. The number of aromatic carboxylic acids is 1. The van der Waals surface area contributed by atoms with Gasteiger partial charge in [0.15, 0.2) is 5.13 Å². The number of benzene rings is 2. The van der Waals surface area contributed by atoms with Crippen molar-refractivity contribution in [3.8, 4) is 0 Å². The van der Waals surface area contributed by atoms with Gasteiger partial charge in [-0.05, 0) is 18.2 Å². The van der Waals surface area contributed by atoms with Crippen LogP contribution >= 0.6 is 69.5 Å². The third-order valence-electron chi connectivity index (χ3n) is 3.85. The van der Waals surface area contributed by atoms with Crippen molar-refractivity contribution < 1.29 is 19.5 Å². The Morgan fingerprint density at radius 1 is 1.00 bits per heavy atom. The van der Waals surface area contributed by atoms with Crippen LogP contribution in [0.15, 0.2) is 40.7 Å². The predicted octanol–water partition coefficient (Wildman–Crippen LogP) is 6.44. The molecule has 0 spiro atoms. The van der Waals surface area contributed by atoms with Gasteiger partial charge in [0.1, 0.15) is 0 Å². The molecule has 13 heteroatoms. The van der Waals surface area contributed by atoms with E-state index in [-0.39, 0.29) is 26.7 Å². The molecule has 166 valence electrons. The van der Waals surface area contributed by atoms with Crippen LogP contribution in [0, 0.1) is 0 Å². The Morgan fingerprint density at radius 2 is 1.69 bits per heavy atom. The highest BCUT2D eigenvalue weighted by molar-refractivity contribution is 8.00. The Kier molecular flexibility index (Phi) is 8.26. The number of thiazole rings is 1. The summed E-state index contributed by atoms with van der Waals surface area (Å²) in [5, 5.41) is 15.8. The topological polar surface area (TPSA) is 108 Å². The third kappa shape index (κ3) is 5.67. The number of carboxylic acids is 1. The molecule has 0 bridgehead atoms. The zero-order valence-corrected chi connectivity index (χ0v) is 20.3. The Bertz CT molecular complexity index is 1210. The number of hydrogen-bond acceptors (Lipinski definition) is 6. The monoisotopic (exact) mass is 549 g/mol. The average molecular weight is 551 g/mol. The molecule has 3 aromatic rings. The van der Waals surface area contributed by atoms with Crippen LogP contribution in [0.1, 0.15) is 20.7 Å². The van der Waals surface area contributed by atoms with E-state index in [1.807, 2.05) is 0 Å². The van der Waals surface area contributed by atoms with Gasteiger partial charge in [-0.3, -0.25) is 9.59 Å². The molecule has 0 unspecified atom stereocenters. The summed E-state index contributed by atoms with van der Waals surface area (Å²) in [7, 11) is 0. The number of amides is 2. The summed E-state index contributed by atoms with van der Waals surface area (Å²) in [5.74, 6) is -2.44. The maximum Gasteiger partial charge on any atom is 0.338 e. The van der Waals surface area contributed by atoms with Gasteiger partial charge < -0.3 is 15.7 Å². The second-order valence-electron chi connectivity index (χ2n) is 5.97. The first-order valence-corrected chi connectivity index (χ1v) is 11.9. The molecule has 0 radical (unpaired) electrons. The van der Waals surface area contributed by atoms with Crippen molar-refractivity contribution >= 4 is 98.1 Å². The van der Waals surface area contributed by atoms with Crippen LogP contribution in [0.2, 0.25) is 20.1 Å². The molecule has 0 aliphatic heterocycles. The van der Waals surface area contributed by atoms with Gasteiger partial charge in [-0.1, -0.05) is 52.5 Å². The molecule has 0 aliphatic rings. The van der Waals surface area contributed by atoms with Crippen LogP contribution in [0.5, 0.6) is 0 Å². The molecule has 1 heterocycles. The zero-order valence-electron chi connectivity index (χ0n) is 15.6. The minimum Gasteiger partial charge on any atom is -0.478 e. The van der Waals surface area contributed by atoms with Gasteiger partial charge in [-0.25, -0.2) is 9.78 Å². The Balaban J connectivity index is 1.76. The number of aromatic nitrogens is 1. The molecule has 7 nitrogen and oxygen atoms in total. The van der Waals surface area contributed by atoms with Crippen molar-refractivity contribution in [3.05, 3.63) is 67.1 Å². The summed E-state index contributed by atoms with van der Waals surface area (Å²) in [6.07, 6.45) is 1.59. The van der Waals surface area contributed by atoms with E-state index in [4.69, 9.17) is 46.4 Å². The van der Waals surface area contributed by atoms with E-state index in [1.54, 1.807) is 35.8 Å². The minimum atomic E-state index is -1.49. The highest BCUT2D eigenvalue weighted by atomic mass is 35.5. The van der Waals surface area contributed by atoms with Gasteiger partial charge in [-0.15, -0.1) is 23.1 Å². The van der Waals surface area contributed by atoms with Gasteiger partial charge >= 0.3 is 5.97 Å². The van der Waals surface area contributed by atoms with Crippen LogP contribution in [0.4, 0.5) is 10.8 Å². The lowest BCUT2D eigenvalue weighted by molar-refractivity contribution is -0.113. The van der Waals surface area contributed by atoms with Crippen molar-refractivity contribution in [2.45, 2.75) is 4.90 Å². The molecule has 2 amide bonds. The van der Waals surface area contributed by atoms with E-state index in [1.165, 1.54) is 23.1 Å². The third-order valence-corrected chi connectivity index (χ3v) is 7.33. The van der Waals surface area contributed by atoms with Crippen molar-refractivity contribution in [1.82, 2.24) is 4.98 Å². The van der Waals surface area contributed by atoms with E-state index < -0.39 is 28.0 Å². The maximum atomic E-state index is 12.8. The Morgan fingerprint density at radius 3 is 2.31 bits per heavy atom. The van der Waals surface area contributed by atoms with Crippen LogP contribution in [-0.4, -0.2) is 33.6 Å². The van der Waals surface area contributed by atoms with E-state index >= 15 is 0 Å². The van der Waals surface area contributed by atoms with Gasteiger partial charge in [-0.2, -0.15) is 0 Å². The number of carboxylic acid groups (broad SMARTS) is 1. The quantitative estimate of drug-likeness (QED) is 0.177. The number of nitrogens with zero attached hydrogens (tertiary/aromatic N) is 1. The van der Waals surface area contributed by atoms with Crippen molar-refractivity contribution in [2.75, 3.05) is 16.4 Å². The normalized spacial score (nSPS) is 10.6. The number of nitrogens with one attached hydrogen (secondary N) is 2. The second-order valence-corrected chi connectivity index (χ2v) is 9.42. The van der Waals surface area contributed by atoms with Crippen molar-refractivity contribution in [2.24, 2.45) is 0 Å². The number of halogens is 4. The molecule has 0 saturated heterocycles. The molecule has 1 aromatic heterocycles. The molecule has 2 aromatic carbocycles. The molecule has 0 atom stereocenters. The summed E-state index contributed by atoms with van der Waals surface area (Å²) < 4.78 is 0. The maximum absolute atomic E-state index is 12.8. The van der Waals surface area contributed by atoms with Gasteiger partial charge in [0, 0.05) is 22.2 Å². The fourth-order valence-corrected chi connectivity index (χ4v) is 4.81. The highest BCUT2D eigenvalue weighted by Gasteiger charge is 2.29. The van der Waals surface area contributed by atoms with Crippen LogP contribution < -0.4 is 10.6 Å². The lowest BCUT2D eigenvalue weighted by Gasteiger charge is -2.14. The highest BCUT2D eigenvalue weighted by Crippen LogP contribution is 2.41. The predicted molar refractivity (Wildman–Crippen MR) is 129 cm³/mol. The molecular weight excluding hydrogens is 540 g/mol. The number of carbonyl (C=O) groups excluding carboxylic acids is 2. The Labute approximate surface area is 210 Å². The summed E-state index contributed by atoms with van der Waals surface area (Å²) in [6, 6.07) is 6.62. The molecule has 3 rings (SSSR count). The fourth-order valence-electron chi connectivity index (χ4n) is 2.49. The van der Waals surface area contributed by atoms with Gasteiger partial charge in [0.25, 0.3) is 5.91 Å². The van der Waals surface area contributed by atoms with Crippen molar-refractivity contribution in [1.29, 1.82) is 0 Å². The average Bonchev–Trinajstić information content (AvgIpc) is 3.26. The number of rotatable bonds is 7. The molecule has 32 heavy (non-hydrogen) atoms. The fraction of sp³-hybridized carbons (Fsp3) is 0.0526. The van der Waals surface area contributed by atoms with Crippen molar-refractivity contribution in [3.63, 3.8) is 0 Å². The summed E-state index contributed by atoms with van der Waals surface area (Å²) in [6.45, 7) is 0. The molecular formula is C19H11Cl4N3O4S2. The van der Waals surface area contributed by atoms with Gasteiger partial charge in [0.2, 0.25) is 5.91 Å². The van der Waals surface area contributed by atoms with E-state index in [9.17, 15) is 19.5 Å². The summed E-state index contributed by atoms with van der Waals surface area (Å²) in [5.41, 5.74) is -0.637. The number of carbonyl (C=O) groups is 3. The second kappa shape index (κ2) is 10.7. The van der Waals surface area contributed by atoms with Crippen LogP contribution in [0.3, 0.4) is 0 Å². The molecule has 0 aliphatic carbocycles. The minimum absolute atomic E-state index is 0.119. The largest absolute Gasteiger partial charge is 0.478 e. The summed E-state index contributed by atoms with van der Waals surface area (Å²) >= 11 is 26.5.